The van der Waals surface area contributed by atoms with Gasteiger partial charge in [0.1, 0.15) is 12.1 Å². The zero-order chi connectivity index (χ0) is 21.8. The van der Waals surface area contributed by atoms with Gasteiger partial charge in [0.05, 0.1) is 30.0 Å². The van der Waals surface area contributed by atoms with Crippen LogP contribution >= 0.6 is 0 Å². The number of furan rings is 1. The molecule has 0 aromatic carbocycles. The lowest BCUT2D eigenvalue weighted by molar-refractivity contribution is -0.122. The van der Waals surface area contributed by atoms with E-state index >= 15 is 0 Å². The molecule has 1 atom stereocenters. The number of aryl methyl sites for hydroxylation is 1. The summed E-state index contributed by atoms with van der Waals surface area (Å²) in [6, 6.07) is 0. The van der Waals surface area contributed by atoms with Gasteiger partial charge in [-0.2, -0.15) is 0 Å². The summed E-state index contributed by atoms with van der Waals surface area (Å²) in [6.07, 6.45) is 4.07. The van der Waals surface area contributed by atoms with Crippen molar-refractivity contribution >= 4 is 28.1 Å². The third kappa shape index (κ3) is 3.61. The minimum absolute atomic E-state index is 0.0466. The van der Waals surface area contributed by atoms with Gasteiger partial charge in [0.25, 0.3) is 5.56 Å². The number of ether oxygens (including phenoxy) is 2. The summed E-state index contributed by atoms with van der Waals surface area (Å²) in [5.74, 6) is -0.264. The van der Waals surface area contributed by atoms with Gasteiger partial charge in [-0.1, -0.05) is 0 Å². The Morgan fingerprint density at radius 1 is 1.35 bits per heavy atom. The quantitative estimate of drug-likeness (QED) is 0.680. The van der Waals surface area contributed by atoms with Crippen molar-refractivity contribution < 1.29 is 18.7 Å². The van der Waals surface area contributed by atoms with E-state index in [1.54, 1.807) is 0 Å². The molecule has 9 nitrogen and oxygen atoms in total. The fraction of sp³-hybridized carbons (Fsp3) is 0.545. The van der Waals surface area contributed by atoms with Gasteiger partial charge in [0.2, 0.25) is 17.2 Å². The molecule has 0 spiro atoms. The topological polar surface area (TPSA) is 108 Å². The lowest BCUT2D eigenvalue weighted by Gasteiger charge is -2.32. The monoisotopic (exact) mass is 426 g/mol. The first-order valence-electron chi connectivity index (χ1n) is 10.6. The van der Waals surface area contributed by atoms with Crippen molar-refractivity contribution in [3.8, 4) is 0 Å². The molecule has 0 aliphatic carbocycles. The molecule has 0 saturated carbocycles. The van der Waals surface area contributed by atoms with Crippen LogP contribution in [0.25, 0.3) is 22.2 Å². The summed E-state index contributed by atoms with van der Waals surface area (Å²) in [5.41, 5.74) is 3.19. The third-order valence-electron chi connectivity index (χ3n) is 6.09. The van der Waals surface area contributed by atoms with Crippen LogP contribution in [0.15, 0.2) is 15.5 Å². The summed E-state index contributed by atoms with van der Waals surface area (Å²) in [7, 11) is 0. The number of rotatable bonds is 4. The molecule has 164 valence electrons. The van der Waals surface area contributed by atoms with Gasteiger partial charge in [-0.3, -0.25) is 14.2 Å². The Kier molecular flexibility index (Phi) is 4.82. The lowest BCUT2D eigenvalue weighted by Crippen LogP contribution is -2.36. The predicted molar refractivity (Wildman–Crippen MR) is 113 cm³/mol. The first-order chi connectivity index (χ1) is 14.8. The van der Waals surface area contributed by atoms with Crippen LogP contribution in [0.3, 0.4) is 0 Å². The first kappa shape index (κ1) is 20.1. The molecule has 5 rings (SSSR count). The Labute approximate surface area is 178 Å². The Morgan fingerprint density at radius 3 is 2.97 bits per heavy atom. The second kappa shape index (κ2) is 7.42. The minimum Gasteiger partial charge on any atom is -0.430 e. The summed E-state index contributed by atoms with van der Waals surface area (Å²) < 4.78 is 18.6. The maximum absolute atomic E-state index is 13.0. The number of amides is 1. The van der Waals surface area contributed by atoms with Crippen molar-refractivity contribution in [2.24, 2.45) is 0 Å². The number of fused-ring (bicyclic) bond motifs is 5. The Balaban J connectivity index is 1.50. The lowest BCUT2D eigenvalue weighted by atomic mass is 9.89. The zero-order valence-electron chi connectivity index (χ0n) is 18.0. The highest BCUT2D eigenvalue weighted by Gasteiger charge is 2.31. The number of carbonyl (C=O) groups excluding carboxylic acids is 1. The van der Waals surface area contributed by atoms with Gasteiger partial charge in [0, 0.05) is 30.8 Å². The molecule has 3 aromatic heterocycles. The SMILES string of the molecule is Cc1nc2oc3c(=O)n(CC(=O)NC[C@@H]4CCCO4)cnc3c2c2c1COC(C)(C)C2. The Bertz CT molecular complexity index is 1240. The van der Waals surface area contributed by atoms with Crippen molar-refractivity contribution in [2.75, 3.05) is 13.2 Å². The van der Waals surface area contributed by atoms with E-state index in [-0.39, 0.29) is 29.7 Å². The fourth-order valence-electron chi connectivity index (χ4n) is 4.42. The molecule has 1 saturated heterocycles. The minimum atomic E-state index is -0.395. The number of hydrogen-bond acceptors (Lipinski definition) is 7. The van der Waals surface area contributed by atoms with Gasteiger partial charge in [-0.25, -0.2) is 9.97 Å². The average Bonchev–Trinajstić information content (AvgIpc) is 3.35. The van der Waals surface area contributed by atoms with Crippen molar-refractivity contribution in [3.05, 3.63) is 33.5 Å². The van der Waals surface area contributed by atoms with Crippen LogP contribution in [0.5, 0.6) is 0 Å². The van der Waals surface area contributed by atoms with Crippen molar-refractivity contribution in [1.82, 2.24) is 19.9 Å². The molecular weight excluding hydrogens is 400 g/mol. The number of nitrogens with one attached hydrogen (secondary N) is 1. The molecule has 9 heteroatoms. The number of carbonyl (C=O) groups is 1. The molecule has 1 amide bonds. The van der Waals surface area contributed by atoms with E-state index in [2.05, 4.69) is 15.3 Å². The molecular formula is C22H26N4O5. The maximum atomic E-state index is 13.0. The predicted octanol–water partition coefficient (Wildman–Crippen LogP) is 1.99. The van der Waals surface area contributed by atoms with Gasteiger partial charge < -0.3 is 19.2 Å². The summed E-state index contributed by atoms with van der Waals surface area (Å²) >= 11 is 0. The molecule has 1 fully saturated rings. The molecule has 2 aliphatic rings. The number of aromatic nitrogens is 3. The maximum Gasteiger partial charge on any atom is 0.297 e. The number of hydrogen-bond donors (Lipinski definition) is 1. The van der Waals surface area contributed by atoms with E-state index in [0.29, 0.717) is 30.8 Å². The van der Waals surface area contributed by atoms with Crippen molar-refractivity contribution in [3.63, 3.8) is 0 Å². The van der Waals surface area contributed by atoms with E-state index in [1.165, 1.54) is 10.9 Å². The highest BCUT2D eigenvalue weighted by Crippen LogP contribution is 2.37. The van der Waals surface area contributed by atoms with Crippen LogP contribution in [-0.4, -0.2) is 45.3 Å². The highest BCUT2D eigenvalue weighted by molar-refractivity contribution is 6.03. The van der Waals surface area contributed by atoms with E-state index < -0.39 is 5.56 Å². The molecule has 2 aliphatic heterocycles. The first-order valence-corrected chi connectivity index (χ1v) is 10.6. The molecule has 0 unspecified atom stereocenters. The molecule has 5 heterocycles. The van der Waals surface area contributed by atoms with E-state index in [1.807, 2.05) is 20.8 Å². The van der Waals surface area contributed by atoms with Crippen molar-refractivity contribution in [2.45, 2.75) is 64.9 Å². The van der Waals surface area contributed by atoms with Gasteiger partial charge in [-0.15, -0.1) is 0 Å². The normalized spacial score (nSPS) is 20.3. The third-order valence-corrected chi connectivity index (χ3v) is 6.09. The second-order valence-corrected chi connectivity index (χ2v) is 8.96. The van der Waals surface area contributed by atoms with Gasteiger partial charge in [0.15, 0.2) is 0 Å². The zero-order valence-corrected chi connectivity index (χ0v) is 18.0. The summed E-state index contributed by atoms with van der Waals surface area (Å²) in [5, 5.41) is 3.59. The Morgan fingerprint density at radius 2 is 2.19 bits per heavy atom. The molecule has 31 heavy (non-hydrogen) atoms. The van der Waals surface area contributed by atoms with E-state index in [9.17, 15) is 9.59 Å². The largest absolute Gasteiger partial charge is 0.430 e. The van der Waals surface area contributed by atoms with Gasteiger partial charge >= 0.3 is 0 Å². The highest BCUT2D eigenvalue weighted by atomic mass is 16.5. The van der Waals surface area contributed by atoms with Crippen LogP contribution in [0.1, 0.15) is 43.5 Å². The average molecular weight is 426 g/mol. The standard InChI is InChI=1S/C22H26N4O5/c1-12-15-10-30-22(2,3)7-14(15)17-18-19(31-20(17)25-12)21(28)26(11-24-18)9-16(27)23-8-13-5-4-6-29-13/h11,13H,4-10H2,1-3H3,(H,23,27)/t13-/m0/s1. The van der Waals surface area contributed by atoms with Crippen LogP contribution in [-0.2, 0) is 33.8 Å². The van der Waals surface area contributed by atoms with Crippen molar-refractivity contribution in [1.29, 1.82) is 0 Å². The number of pyridine rings is 1. The molecule has 0 radical (unpaired) electrons. The molecule has 1 N–H and O–H groups in total. The fourth-order valence-corrected chi connectivity index (χ4v) is 4.42. The second-order valence-electron chi connectivity index (χ2n) is 8.96. The number of nitrogens with zero attached hydrogens (tertiary/aromatic N) is 3. The summed E-state index contributed by atoms with van der Waals surface area (Å²) in [4.78, 5) is 34.4. The van der Waals surface area contributed by atoms with Crippen LogP contribution < -0.4 is 10.9 Å². The van der Waals surface area contributed by atoms with Crippen LogP contribution in [0, 0.1) is 6.92 Å². The van der Waals surface area contributed by atoms with Gasteiger partial charge in [-0.05, 0) is 39.2 Å². The summed E-state index contributed by atoms with van der Waals surface area (Å²) in [6.45, 7) is 7.50. The molecule has 0 bridgehead atoms. The Hall–Kier alpha value is -2.78. The smallest absolute Gasteiger partial charge is 0.297 e. The van der Waals surface area contributed by atoms with E-state index in [0.717, 1.165) is 41.7 Å². The van der Waals surface area contributed by atoms with Crippen LogP contribution in [0.4, 0.5) is 0 Å². The van der Waals surface area contributed by atoms with E-state index in [4.69, 9.17) is 13.9 Å². The molecule has 3 aromatic rings. The van der Waals surface area contributed by atoms with Crippen LogP contribution in [0.2, 0.25) is 0 Å².